The van der Waals surface area contributed by atoms with Gasteiger partial charge in [0.1, 0.15) is 11.6 Å². The SMILES string of the molecule is C.CC(C)(C)NS(=O)(=O)c1ccccc1-c1ccc(-c2cnc(N)c(Cl)c2)c(F)c1. The Labute approximate surface area is 182 Å². The molecule has 3 aromatic rings. The van der Waals surface area contributed by atoms with E-state index in [1.54, 1.807) is 51.1 Å². The summed E-state index contributed by atoms with van der Waals surface area (Å²) in [5, 5.41) is 0.232. The van der Waals surface area contributed by atoms with Crippen LogP contribution in [0.5, 0.6) is 0 Å². The first-order chi connectivity index (χ1) is 13.5. The van der Waals surface area contributed by atoms with Crippen LogP contribution in [0.15, 0.2) is 59.6 Å². The highest BCUT2D eigenvalue weighted by molar-refractivity contribution is 7.89. The molecule has 0 bridgehead atoms. The van der Waals surface area contributed by atoms with E-state index in [0.29, 0.717) is 16.7 Å². The van der Waals surface area contributed by atoms with Gasteiger partial charge in [-0.2, -0.15) is 0 Å². The molecule has 5 nitrogen and oxygen atoms in total. The number of hydrogen-bond acceptors (Lipinski definition) is 4. The van der Waals surface area contributed by atoms with Gasteiger partial charge in [0, 0.05) is 28.4 Å². The second kappa shape index (κ2) is 8.71. The molecule has 2 aromatic carbocycles. The van der Waals surface area contributed by atoms with Gasteiger partial charge in [-0.25, -0.2) is 22.5 Å². The molecular formula is C22H25ClFN3O2S. The number of halogens is 2. The zero-order chi connectivity index (χ0) is 21.4. The molecule has 1 heterocycles. The third-order valence-electron chi connectivity index (χ3n) is 4.08. The van der Waals surface area contributed by atoms with Crippen LogP contribution in [0.25, 0.3) is 22.3 Å². The lowest BCUT2D eigenvalue weighted by molar-refractivity contribution is 0.491. The number of hydrogen-bond donors (Lipinski definition) is 2. The van der Waals surface area contributed by atoms with E-state index in [1.807, 2.05) is 0 Å². The van der Waals surface area contributed by atoms with E-state index in [4.69, 9.17) is 17.3 Å². The lowest BCUT2D eigenvalue weighted by Gasteiger charge is -2.21. The molecule has 0 atom stereocenters. The average molecular weight is 450 g/mol. The molecule has 0 spiro atoms. The number of aromatic nitrogens is 1. The Hall–Kier alpha value is -2.48. The van der Waals surface area contributed by atoms with Gasteiger partial charge in [0.05, 0.1) is 9.92 Å². The Bertz CT molecular complexity index is 1180. The van der Waals surface area contributed by atoms with Gasteiger partial charge in [0.2, 0.25) is 10.0 Å². The number of nitrogens with one attached hydrogen (secondary N) is 1. The lowest BCUT2D eigenvalue weighted by Crippen LogP contribution is -2.40. The summed E-state index contributed by atoms with van der Waals surface area (Å²) in [4.78, 5) is 4.03. The second-order valence-electron chi connectivity index (χ2n) is 7.64. The van der Waals surface area contributed by atoms with Gasteiger partial charge in [-0.15, -0.1) is 0 Å². The normalized spacial score (nSPS) is 11.8. The van der Waals surface area contributed by atoms with Gasteiger partial charge in [0.15, 0.2) is 0 Å². The summed E-state index contributed by atoms with van der Waals surface area (Å²) in [5.41, 5.74) is 6.57. The van der Waals surface area contributed by atoms with Crippen LogP contribution in [0, 0.1) is 5.82 Å². The molecule has 0 unspecified atom stereocenters. The van der Waals surface area contributed by atoms with Crippen molar-refractivity contribution in [1.82, 2.24) is 9.71 Å². The molecule has 0 saturated heterocycles. The van der Waals surface area contributed by atoms with Crippen LogP contribution in [0.4, 0.5) is 10.2 Å². The van der Waals surface area contributed by atoms with Gasteiger partial charge in [-0.05, 0) is 44.5 Å². The number of nitrogen functional groups attached to an aromatic ring is 1. The second-order valence-corrected chi connectivity index (χ2v) is 9.70. The molecule has 160 valence electrons. The van der Waals surface area contributed by atoms with Crippen molar-refractivity contribution in [2.75, 3.05) is 5.73 Å². The Morgan fingerprint density at radius 1 is 1.03 bits per heavy atom. The summed E-state index contributed by atoms with van der Waals surface area (Å²) in [7, 11) is -3.80. The first-order valence-electron chi connectivity index (χ1n) is 8.82. The smallest absolute Gasteiger partial charge is 0.241 e. The molecule has 0 amide bonds. The summed E-state index contributed by atoms with van der Waals surface area (Å²) in [6, 6.07) is 12.5. The zero-order valence-electron chi connectivity index (χ0n) is 16.2. The first-order valence-corrected chi connectivity index (χ1v) is 10.7. The quantitative estimate of drug-likeness (QED) is 0.550. The highest BCUT2D eigenvalue weighted by atomic mass is 35.5. The van der Waals surface area contributed by atoms with Crippen molar-refractivity contribution < 1.29 is 12.8 Å². The molecule has 1 aromatic heterocycles. The monoisotopic (exact) mass is 449 g/mol. The Balaban J connectivity index is 0.00000320. The fourth-order valence-electron chi connectivity index (χ4n) is 2.91. The molecule has 0 aliphatic heterocycles. The van der Waals surface area contributed by atoms with Gasteiger partial charge in [-0.3, -0.25) is 0 Å². The van der Waals surface area contributed by atoms with E-state index in [0.717, 1.165) is 0 Å². The molecule has 0 fully saturated rings. The molecule has 8 heteroatoms. The van der Waals surface area contributed by atoms with Crippen LogP contribution in [0.3, 0.4) is 0 Å². The maximum Gasteiger partial charge on any atom is 0.241 e. The number of nitrogens with two attached hydrogens (primary N) is 1. The third kappa shape index (κ3) is 5.16. The van der Waals surface area contributed by atoms with E-state index in [2.05, 4.69) is 9.71 Å². The van der Waals surface area contributed by atoms with Crippen LogP contribution in [-0.2, 0) is 10.0 Å². The van der Waals surface area contributed by atoms with Crippen molar-refractivity contribution in [2.45, 2.75) is 38.6 Å². The minimum Gasteiger partial charge on any atom is -0.382 e. The number of sulfonamides is 1. The zero-order valence-corrected chi connectivity index (χ0v) is 17.8. The molecule has 0 aliphatic carbocycles. The molecule has 0 aliphatic rings. The average Bonchev–Trinajstić information content (AvgIpc) is 2.62. The van der Waals surface area contributed by atoms with Crippen LogP contribution >= 0.6 is 11.6 Å². The van der Waals surface area contributed by atoms with Crippen molar-refractivity contribution in [2.24, 2.45) is 0 Å². The lowest BCUT2D eigenvalue weighted by atomic mass is 10.0. The van der Waals surface area contributed by atoms with E-state index < -0.39 is 21.4 Å². The highest BCUT2D eigenvalue weighted by Crippen LogP contribution is 2.33. The molecule has 3 N–H and O–H groups in total. The Morgan fingerprint density at radius 2 is 1.70 bits per heavy atom. The van der Waals surface area contributed by atoms with E-state index >= 15 is 0 Å². The minimum absolute atomic E-state index is 0. The number of pyridine rings is 1. The molecule has 3 rings (SSSR count). The maximum atomic E-state index is 14.9. The molecule has 0 radical (unpaired) electrons. The summed E-state index contributed by atoms with van der Waals surface area (Å²) in [6.07, 6.45) is 1.44. The predicted octanol–water partition coefficient (Wildman–Crippen LogP) is 5.50. The van der Waals surface area contributed by atoms with Crippen molar-refractivity contribution in [3.63, 3.8) is 0 Å². The number of rotatable bonds is 4. The van der Waals surface area contributed by atoms with E-state index in [1.165, 1.54) is 24.4 Å². The molecular weight excluding hydrogens is 425 g/mol. The predicted molar refractivity (Wildman–Crippen MR) is 121 cm³/mol. The van der Waals surface area contributed by atoms with Gasteiger partial charge in [0.25, 0.3) is 0 Å². The van der Waals surface area contributed by atoms with Gasteiger partial charge in [-0.1, -0.05) is 49.4 Å². The molecule has 0 saturated carbocycles. The third-order valence-corrected chi connectivity index (χ3v) is 6.20. The summed E-state index contributed by atoms with van der Waals surface area (Å²) >= 11 is 5.98. The summed E-state index contributed by atoms with van der Waals surface area (Å²) < 4.78 is 43.2. The van der Waals surface area contributed by atoms with Crippen molar-refractivity contribution in [1.29, 1.82) is 0 Å². The van der Waals surface area contributed by atoms with E-state index in [9.17, 15) is 12.8 Å². The largest absolute Gasteiger partial charge is 0.382 e. The number of nitrogens with zero attached hydrogens (tertiary/aromatic N) is 1. The Kier molecular flexibility index (Phi) is 6.91. The maximum absolute atomic E-state index is 14.9. The van der Waals surface area contributed by atoms with Crippen molar-refractivity contribution in [3.8, 4) is 22.3 Å². The first kappa shape index (κ1) is 23.8. The molecule has 30 heavy (non-hydrogen) atoms. The fourth-order valence-corrected chi connectivity index (χ4v) is 4.73. The van der Waals surface area contributed by atoms with Crippen LogP contribution in [-0.4, -0.2) is 18.9 Å². The fraction of sp³-hybridized carbons (Fsp3) is 0.227. The van der Waals surface area contributed by atoms with Crippen molar-refractivity contribution >= 4 is 27.4 Å². The number of anilines is 1. The van der Waals surface area contributed by atoms with Crippen LogP contribution in [0.2, 0.25) is 5.02 Å². The highest BCUT2D eigenvalue weighted by Gasteiger charge is 2.25. The number of benzene rings is 2. The topological polar surface area (TPSA) is 85.1 Å². The van der Waals surface area contributed by atoms with Crippen LogP contribution < -0.4 is 10.5 Å². The Morgan fingerprint density at radius 3 is 2.30 bits per heavy atom. The van der Waals surface area contributed by atoms with E-state index in [-0.39, 0.29) is 28.7 Å². The van der Waals surface area contributed by atoms with Crippen molar-refractivity contribution in [3.05, 3.63) is 65.6 Å². The van der Waals surface area contributed by atoms with Gasteiger partial charge >= 0.3 is 0 Å². The van der Waals surface area contributed by atoms with Gasteiger partial charge < -0.3 is 5.73 Å². The summed E-state index contributed by atoms with van der Waals surface area (Å²) in [5.74, 6) is -0.362. The van der Waals surface area contributed by atoms with Crippen LogP contribution in [0.1, 0.15) is 28.2 Å². The minimum atomic E-state index is -3.80. The standard InChI is InChI=1S/C21H21ClFN3O2S.CH4/c1-21(2,3)26-29(27,28)19-7-5-4-6-16(19)13-8-9-15(18(23)11-13)14-10-17(22)20(24)25-12-14;/h4-12,26H,1-3H3,(H2,24,25);1H4. The summed E-state index contributed by atoms with van der Waals surface area (Å²) in [6.45, 7) is 5.27.